The summed E-state index contributed by atoms with van der Waals surface area (Å²) in [5, 5.41) is 8.11. The molecule has 122 valence electrons. The quantitative estimate of drug-likeness (QED) is 0.679. The average Bonchev–Trinajstić information content (AvgIpc) is 2.75. The van der Waals surface area contributed by atoms with Crippen molar-refractivity contribution in [2.75, 3.05) is 26.2 Å². The van der Waals surface area contributed by atoms with Crippen LogP contribution in [0.25, 0.3) is 0 Å². The molecule has 1 aromatic carbocycles. The molecule has 2 saturated heterocycles. The van der Waals surface area contributed by atoms with Gasteiger partial charge in [-0.05, 0) is 37.6 Å². The van der Waals surface area contributed by atoms with Crippen LogP contribution < -0.4 is 16.0 Å². The first kappa shape index (κ1) is 15.5. The van der Waals surface area contributed by atoms with Gasteiger partial charge in [0.15, 0.2) is 0 Å². The van der Waals surface area contributed by atoms with E-state index in [0.29, 0.717) is 17.7 Å². The number of benzene rings is 1. The third-order valence-electron chi connectivity index (χ3n) is 4.38. The SMILES string of the molecule is CC1(c2ccc(C(=O)N3CCCNCC3)cc2)NC(=O)NC1=O. The first-order valence-corrected chi connectivity index (χ1v) is 7.75. The number of hydrogen-bond donors (Lipinski definition) is 3. The molecule has 3 N–H and O–H groups in total. The Hall–Kier alpha value is -2.41. The fraction of sp³-hybridized carbons (Fsp3) is 0.438. The van der Waals surface area contributed by atoms with Gasteiger partial charge in [-0.3, -0.25) is 14.9 Å². The molecule has 0 bridgehead atoms. The first-order valence-electron chi connectivity index (χ1n) is 7.75. The number of nitrogens with one attached hydrogen (secondary N) is 3. The van der Waals surface area contributed by atoms with Crippen LogP contribution >= 0.6 is 0 Å². The van der Waals surface area contributed by atoms with Gasteiger partial charge >= 0.3 is 6.03 Å². The van der Waals surface area contributed by atoms with E-state index in [4.69, 9.17) is 0 Å². The number of imide groups is 1. The third kappa shape index (κ3) is 2.92. The van der Waals surface area contributed by atoms with Crippen molar-refractivity contribution >= 4 is 17.8 Å². The Morgan fingerprint density at radius 3 is 2.52 bits per heavy atom. The number of carbonyl (C=O) groups is 3. The maximum atomic E-state index is 12.5. The molecule has 7 heteroatoms. The molecule has 0 aliphatic carbocycles. The Bertz CT molecular complexity index is 635. The van der Waals surface area contributed by atoms with E-state index < -0.39 is 11.6 Å². The molecule has 3 rings (SSSR count). The lowest BCUT2D eigenvalue weighted by atomic mass is 9.91. The predicted molar refractivity (Wildman–Crippen MR) is 83.9 cm³/mol. The maximum absolute atomic E-state index is 12.5. The molecule has 2 heterocycles. The second-order valence-corrected chi connectivity index (χ2v) is 6.01. The second-order valence-electron chi connectivity index (χ2n) is 6.01. The minimum absolute atomic E-state index is 0.00897. The van der Waals surface area contributed by atoms with Crippen LogP contribution in [0.15, 0.2) is 24.3 Å². The van der Waals surface area contributed by atoms with Crippen molar-refractivity contribution in [2.24, 2.45) is 0 Å². The molecule has 1 aromatic rings. The van der Waals surface area contributed by atoms with Crippen LogP contribution in [-0.4, -0.2) is 48.9 Å². The standard InChI is InChI=1S/C16H20N4O3/c1-16(14(22)18-15(23)19-16)12-5-3-11(4-6-12)13(21)20-9-2-7-17-8-10-20/h3-6,17H,2,7-10H2,1H3,(H2,18,19,22,23). The zero-order valence-electron chi connectivity index (χ0n) is 13.0. The minimum Gasteiger partial charge on any atom is -0.337 e. The van der Waals surface area contributed by atoms with Crippen molar-refractivity contribution < 1.29 is 14.4 Å². The minimum atomic E-state index is -1.09. The first-order chi connectivity index (χ1) is 11.0. The van der Waals surface area contributed by atoms with E-state index in [1.807, 2.05) is 4.90 Å². The molecule has 0 saturated carbocycles. The van der Waals surface area contributed by atoms with Gasteiger partial charge in [0.2, 0.25) is 0 Å². The van der Waals surface area contributed by atoms with Crippen molar-refractivity contribution in [3.8, 4) is 0 Å². The normalized spacial score (nSPS) is 24.8. The maximum Gasteiger partial charge on any atom is 0.322 e. The van der Waals surface area contributed by atoms with Gasteiger partial charge in [-0.1, -0.05) is 12.1 Å². The lowest BCUT2D eigenvalue weighted by Crippen LogP contribution is -2.40. The van der Waals surface area contributed by atoms with E-state index in [1.54, 1.807) is 31.2 Å². The Balaban J connectivity index is 1.78. The zero-order valence-corrected chi connectivity index (χ0v) is 13.0. The highest BCUT2D eigenvalue weighted by molar-refractivity contribution is 6.07. The zero-order chi connectivity index (χ0) is 16.4. The monoisotopic (exact) mass is 316 g/mol. The highest BCUT2D eigenvalue weighted by Crippen LogP contribution is 2.24. The summed E-state index contributed by atoms with van der Waals surface area (Å²) < 4.78 is 0. The summed E-state index contributed by atoms with van der Waals surface area (Å²) in [5.74, 6) is -0.398. The molecule has 0 spiro atoms. The molecule has 0 aromatic heterocycles. The number of hydrogen-bond acceptors (Lipinski definition) is 4. The Morgan fingerprint density at radius 2 is 1.87 bits per heavy atom. The average molecular weight is 316 g/mol. The summed E-state index contributed by atoms with van der Waals surface area (Å²) in [6.07, 6.45) is 0.939. The highest BCUT2D eigenvalue weighted by Gasteiger charge is 2.43. The van der Waals surface area contributed by atoms with Gasteiger partial charge < -0.3 is 15.5 Å². The summed E-state index contributed by atoms with van der Waals surface area (Å²) in [4.78, 5) is 37.6. The molecule has 7 nitrogen and oxygen atoms in total. The Morgan fingerprint density at radius 1 is 1.13 bits per heavy atom. The topological polar surface area (TPSA) is 90.5 Å². The van der Waals surface area contributed by atoms with Crippen LogP contribution in [0.1, 0.15) is 29.3 Å². The van der Waals surface area contributed by atoms with E-state index in [2.05, 4.69) is 16.0 Å². The van der Waals surface area contributed by atoms with Crippen LogP contribution in [0.4, 0.5) is 4.79 Å². The lowest BCUT2D eigenvalue weighted by molar-refractivity contribution is -0.123. The van der Waals surface area contributed by atoms with Crippen LogP contribution in [0.2, 0.25) is 0 Å². The van der Waals surface area contributed by atoms with Gasteiger partial charge in [0.1, 0.15) is 5.54 Å². The Kier molecular flexibility index (Phi) is 4.04. The van der Waals surface area contributed by atoms with Crippen molar-refractivity contribution in [3.05, 3.63) is 35.4 Å². The van der Waals surface area contributed by atoms with E-state index in [0.717, 1.165) is 26.1 Å². The number of rotatable bonds is 2. The molecule has 2 aliphatic rings. The summed E-state index contributed by atoms with van der Waals surface area (Å²) in [5.41, 5.74) is 0.143. The summed E-state index contributed by atoms with van der Waals surface area (Å²) in [6, 6.07) is 6.34. The summed E-state index contributed by atoms with van der Waals surface area (Å²) in [6.45, 7) is 4.80. The van der Waals surface area contributed by atoms with E-state index in [1.165, 1.54) is 0 Å². The van der Waals surface area contributed by atoms with Crippen LogP contribution in [0.5, 0.6) is 0 Å². The van der Waals surface area contributed by atoms with Crippen molar-refractivity contribution in [2.45, 2.75) is 18.9 Å². The number of carbonyl (C=O) groups excluding carboxylic acids is 3. The van der Waals surface area contributed by atoms with Crippen molar-refractivity contribution in [1.82, 2.24) is 20.9 Å². The largest absolute Gasteiger partial charge is 0.337 e. The molecule has 0 radical (unpaired) electrons. The van der Waals surface area contributed by atoms with Crippen LogP contribution in [-0.2, 0) is 10.3 Å². The van der Waals surface area contributed by atoms with E-state index >= 15 is 0 Å². The van der Waals surface area contributed by atoms with Crippen LogP contribution in [0, 0.1) is 0 Å². The van der Waals surface area contributed by atoms with Gasteiger partial charge in [-0.15, -0.1) is 0 Å². The van der Waals surface area contributed by atoms with Gasteiger partial charge in [0, 0.05) is 25.2 Å². The fourth-order valence-electron chi connectivity index (χ4n) is 2.92. The van der Waals surface area contributed by atoms with Gasteiger partial charge in [0.05, 0.1) is 0 Å². The van der Waals surface area contributed by atoms with Gasteiger partial charge in [0.25, 0.3) is 11.8 Å². The smallest absolute Gasteiger partial charge is 0.322 e. The molecule has 1 unspecified atom stereocenters. The molecule has 2 fully saturated rings. The lowest BCUT2D eigenvalue weighted by Gasteiger charge is -2.23. The number of urea groups is 1. The molecule has 4 amide bonds. The predicted octanol–water partition coefficient (Wildman–Crippen LogP) is 0.177. The molecular weight excluding hydrogens is 296 g/mol. The van der Waals surface area contributed by atoms with Crippen molar-refractivity contribution in [1.29, 1.82) is 0 Å². The second kappa shape index (κ2) is 6.00. The van der Waals surface area contributed by atoms with Gasteiger partial charge in [-0.2, -0.15) is 0 Å². The van der Waals surface area contributed by atoms with Crippen molar-refractivity contribution in [3.63, 3.8) is 0 Å². The summed E-state index contributed by atoms with van der Waals surface area (Å²) >= 11 is 0. The third-order valence-corrected chi connectivity index (χ3v) is 4.38. The number of amides is 4. The van der Waals surface area contributed by atoms with Gasteiger partial charge in [-0.25, -0.2) is 4.79 Å². The number of nitrogens with zero attached hydrogens (tertiary/aromatic N) is 1. The van der Waals surface area contributed by atoms with Crippen LogP contribution in [0.3, 0.4) is 0 Å². The fourth-order valence-corrected chi connectivity index (χ4v) is 2.92. The molecule has 1 atom stereocenters. The van der Waals surface area contributed by atoms with E-state index in [9.17, 15) is 14.4 Å². The van der Waals surface area contributed by atoms with E-state index in [-0.39, 0.29) is 11.8 Å². The highest BCUT2D eigenvalue weighted by atomic mass is 16.2. The molecular formula is C16H20N4O3. The Labute approximate surface area is 134 Å². The molecule has 2 aliphatic heterocycles. The molecule has 23 heavy (non-hydrogen) atoms. The summed E-state index contributed by atoms with van der Waals surface area (Å²) in [7, 11) is 0.